The molecule has 8 bridgehead atoms. The number of nitrogens with one attached hydrogen (secondary N) is 2. The summed E-state index contributed by atoms with van der Waals surface area (Å²) in [4.78, 5) is 16.6. The first kappa shape index (κ1) is 25.4. The van der Waals surface area contributed by atoms with Crippen molar-refractivity contribution in [2.45, 2.75) is 6.61 Å². The van der Waals surface area contributed by atoms with Crippen molar-refractivity contribution in [2.75, 3.05) is 14.2 Å². The summed E-state index contributed by atoms with van der Waals surface area (Å²) in [5, 5.41) is 0. The Kier molecular flexibility index (Phi) is 6.52. The van der Waals surface area contributed by atoms with E-state index in [1.165, 1.54) is 0 Å². The molecule has 0 unspecified atom stereocenters. The fourth-order valence-electron chi connectivity index (χ4n) is 5.12. The first-order valence-corrected chi connectivity index (χ1v) is 13.6. The summed E-state index contributed by atoms with van der Waals surface area (Å²) in [6.45, 7) is 0.416. The number of H-pyrrole nitrogens is 2. The van der Waals surface area contributed by atoms with Crippen molar-refractivity contribution in [3.05, 3.63) is 113 Å². The van der Waals surface area contributed by atoms with Crippen molar-refractivity contribution in [1.82, 2.24) is 19.9 Å². The maximum atomic E-state index is 6.07. The van der Waals surface area contributed by atoms with E-state index in [-0.39, 0.29) is 0 Å². The van der Waals surface area contributed by atoms with Crippen LogP contribution < -0.4 is 14.2 Å². The van der Waals surface area contributed by atoms with Crippen LogP contribution in [0.15, 0.2) is 84.9 Å². The first-order chi connectivity index (χ1) is 20.6. The number of benzene rings is 2. The van der Waals surface area contributed by atoms with E-state index in [2.05, 4.69) is 40.3 Å². The number of aromatic amines is 2. The lowest BCUT2D eigenvalue weighted by molar-refractivity contribution is 0.304. The maximum Gasteiger partial charge on any atom is 0.161 e. The van der Waals surface area contributed by atoms with Gasteiger partial charge in [-0.25, -0.2) is 9.97 Å². The van der Waals surface area contributed by atoms with Crippen LogP contribution >= 0.6 is 0 Å². The molecule has 0 amide bonds. The zero-order valence-electron chi connectivity index (χ0n) is 23.2. The summed E-state index contributed by atoms with van der Waals surface area (Å²) in [6.07, 6.45) is 8.11. The molecule has 0 saturated heterocycles. The SMILES string of the molecule is COc1ccc(COc2ccc(-c3cc4cc5nc(cc6ccc(cc7nc(cc3[nH]4)C=C7)[nH]6)C=C5)cc2)cc1OC. The van der Waals surface area contributed by atoms with Gasteiger partial charge in [-0.15, -0.1) is 0 Å². The minimum absolute atomic E-state index is 0.416. The Bertz CT molecular complexity index is 2020. The molecule has 0 atom stereocenters. The molecule has 206 valence electrons. The van der Waals surface area contributed by atoms with Gasteiger partial charge in [-0.3, -0.25) is 0 Å². The highest BCUT2D eigenvalue weighted by Crippen LogP contribution is 2.31. The average molecular weight is 553 g/mol. The molecular formula is C35H28N4O3. The first-order valence-electron chi connectivity index (χ1n) is 13.6. The van der Waals surface area contributed by atoms with Gasteiger partial charge in [0.2, 0.25) is 0 Å². The van der Waals surface area contributed by atoms with Gasteiger partial charge in [-0.05, 0) is 102 Å². The Morgan fingerprint density at radius 3 is 1.83 bits per heavy atom. The summed E-state index contributed by atoms with van der Waals surface area (Å²) in [7, 11) is 3.26. The van der Waals surface area contributed by atoms with Crippen molar-refractivity contribution in [2.24, 2.45) is 0 Å². The average Bonchev–Trinajstić information content (AvgIpc) is 3.82. The number of aromatic nitrogens is 4. The minimum Gasteiger partial charge on any atom is -0.493 e. The van der Waals surface area contributed by atoms with Crippen molar-refractivity contribution < 1.29 is 14.2 Å². The van der Waals surface area contributed by atoms with E-state index in [1.54, 1.807) is 14.2 Å². The molecule has 0 fully saturated rings. The standard InChI is InChI=1S/C35H28N4O3/c1-40-34-14-3-22(15-35(34)41-2)21-42-31-12-4-23(5-13-31)32-19-30-18-28-9-8-26(37-28)16-24-6-7-25(36-24)17-27-10-11-29(38-27)20-33(32)39-30/h3-20,36,39H,21H2,1-2H3. The maximum absolute atomic E-state index is 6.07. The van der Waals surface area contributed by atoms with E-state index in [0.717, 1.165) is 67.3 Å². The number of ether oxygens (including phenoxy) is 3. The molecule has 7 rings (SSSR count). The van der Waals surface area contributed by atoms with E-state index >= 15 is 0 Å². The molecule has 0 aliphatic carbocycles. The van der Waals surface area contributed by atoms with E-state index in [1.807, 2.05) is 78.9 Å². The molecule has 5 heterocycles. The van der Waals surface area contributed by atoms with Gasteiger partial charge in [-0.2, -0.15) is 0 Å². The zero-order valence-corrected chi connectivity index (χ0v) is 23.2. The monoisotopic (exact) mass is 552 g/mol. The Morgan fingerprint density at radius 2 is 1.19 bits per heavy atom. The number of methoxy groups -OCH3 is 2. The Balaban J connectivity index is 1.25. The number of nitrogens with zero attached hydrogens (tertiary/aromatic N) is 2. The molecule has 42 heavy (non-hydrogen) atoms. The van der Waals surface area contributed by atoms with Gasteiger partial charge >= 0.3 is 0 Å². The number of fused-ring (bicyclic) bond motifs is 8. The Labute approximate surface area is 242 Å². The van der Waals surface area contributed by atoms with Crippen LogP contribution in [0.2, 0.25) is 0 Å². The second-order valence-corrected chi connectivity index (χ2v) is 10.1. The van der Waals surface area contributed by atoms with E-state index < -0.39 is 0 Å². The smallest absolute Gasteiger partial charge is 0.161 e. The van der Waals surface area contributed by atoms with E-state index in [4.69, 9.17) is 24.2 Å². The largest absolute Gasteiger partial charge is 0.493 e. The van der Waals surface area contributed by atoms with Gasteiger partial charge in [0.15, 0.2) is 11.5 Å². The number of hydrogen-bond acceptors (Lipinski definition) is 5. The predicted molar refractivity (Wildman–Crippen MR) is 168 cm³/mol. The molecular weight excluding hydrogens is 524 g/mol. The van der Waals surface area contributed by atoms with Gasteiger partial charge < -0.3 is 24.2 Å². The lowest BCUT2D eigenvalue weighted by atomic mass is 10.1. The molecule has 2 aliphatic heterocycles. The van der Waals surface area contributed by atoms with Gasteiger partial charge in [0.05, 0.1) is 37.0 Å². The van der Waals surface area contributed by atoms with Crippen molar-refractivity contribution in [3.63, 3.8) is 0 Å². The Morgan fingerprint density at radius 1 is 0.571 bits per heavy atom. The highest BCUT2D eigenvalue weighted by Gasteiger charge is 2.09. The van der Waals surface area contributed by atoms with Crippen LogP contribution in [0.1, 0.15) is 28.3 Å². The number of hydrogen-bond donors (Lipinski definition) is 2. The van der Waals surface area contributed by atoms with Crippen LogP contribution in [0.3, 0.4) is 0 Å². The summed E-state index contributed by atoms with van der Waals surface area (Å²) in [5.41, 5.74) is 10.6. The Hall–Kier alpha value is -5.56. The molecule has 5 aromatic rings. The van der Waals surface area contributed by atoms with Crippen LogP contribution in [-0.2, 0) is 6.61 Å². The highest BCUT2D eigenvalue weighted by atomic mass is 16.5. The molecule has 2 N–H and O–H groups in total. The molecule has 7 nitrogen and oxygen atoms in total. The second kappa shape index (κ2) is 10.8. The van der Waals surface area contributed by atoms with Crippen LogP contribution in [0.5, 0.6) is 17.2 Å². The van der Waals surface area contributed by atoms with Crippen molar-refractivity contribution in [1.29, 1.82) is 0 Å². The van der Waals surface area contributed by atoms with Gasteiger partial charge in [-0.1, -0.05) is 18.2 Å². The van der Waals surface area contributed by atoms with Crippen LogP contribution in [-0.4, -0.2) is 34.2 Å². The normalized spacial score (nSPS) is 12.0. The lowest BCUT2D eigenvalue weighted by Gasteiger charge is -2.11. The molecule has 2 aliphatic rings. The third kappa shape index (κ3) is 5.28. The fourth-order valence-corrected chi connectivity index (χ4v) is 5.12. The van der Waals surface area contributed by atoms with Crippen LogP contribution in [0, 0.1) is 0 Å². The van der Waals surface area contributed by atoms with E-state index in [9.17, 15) is 0 Å². The minimum atomic E-state index is 0.416. The van der Waals surface area contributed by atoms with Gasteiger partial charge in [0.25, 0.3) is 0 Å². The van der Waals surface area contributed by atoms with Gasteiger partial charge in [0, 0.05) is 27.6 Å². The summed E-state index contributed by atoms with van der Waals surface area (Å²) >= 11 is 0. The van der Waals surface area contributed by atoms with Crippen LogP contribution in [0.25, 0.3) is 57.5 Å². The van der Waals surface area contributed by atoms with Crippen molar-refractivity contribution in [3.8, 4) is 28.4 Å². The molecule has 2 aromatic carbocycles. The molecule has 3 aromatic heterocycles. The highest BCUT2D eigenvalue weighted by molar-refractivity contribution is 5.88. The quantitative estimate of drug-likeness (QED) is 0.219. The summed E-state index contributed by atoms with van der Waals surface area (Å²) in [5.74, 6) is 2.15. The summed E-state index contributed by atoms with van der Waals surface area (Å²) in [6, 6.07) is 28.4. The topological polar surface area (TPSA) is 85.0 Å². The third-order valence-electron chi connectivity index (χ3n) is 7.19. The number of rotatable bonds is 6. The fraction of sp³-hybridized carbons (Fsp3) is 0.0857. The molecule has 0 saturated carbocycles. The second-order valence-electron chi connectivity index (χ2n) is 10.1. The lowest BCUT2D eigenvalue weighted by Crippen LogP contribution is -1.97. The predicted octanol–water partition coefficient (Wildman–Crippen LogP) is 7.92. The zero-order chi connectivity index (χ0) is 28.5. The molecule has 0 spiro atoms. The molecule has 7 heteroatoms. The molecule has 0 radical (unpaired) electrons. The summed E-state index contributed by atoms with van der Waals surface area (Å²) < 4.78 is 16.8. The van der Waals surface area contributed by atoms with Crippen LogP contribution in [0.4, 0.5) is 0 Å². The van der Waals surface area contributed by atoms with Crippen molar-refractivity contribution >= 4 is 46.4 Å². The third-order valence-corrected chi connectivity index (χ3v) is 7.19. The van der Waals surface area contributed by atoms with E-state index in [0.29, 0.717) is 18.1 Å². The van der Waals surface area contributed by atoms with Gasteiger partial charge in [0.1, 0.15) is 12.4 Å².